The molecule has 17 nitrogen and oxygen atoms in total. The van der Waals surface area contributed by atoms with Crippen LogP contribution >= 0.6 is 0 Å². The molecule has 2 aromatic carbocycles. The maximum absolute atomic E-state index is 13.9. The third-order valence-electron chi connectivity index (χ3n) is 9.43. The van der Waals surface area contributed by atoms with E-state index in [1.165, 1.54) is 54.9 Å². The molecule has 20 heteroatoms. The van der Waals surface area contributed by atoms with E-state index in [-0.39, 0.29) is 24.5 Å². The molecule has 0 aliphatic carbocycles. The predicted octanol–water partition coefficient (Wildman–Crippen LogP) is 4.06. The highest BCUT2D eigenvalue weighted by atomic mass is 32.2. The van der Waals surface area contributed by atoms with Crippen molar-refractivity contribution in [3.63, 3.8) is 0 Å². The number of oxazole rings is 1. The number of aromatic nitrogens is 7. The standard InChI is InChI=1S/C28H31FN8O3S.C14H17N3O3S/c1-36(2)41(38,39)37-21(17-20-7-4-3-5-8-20)18-33-25(37)11-14-30-15-12-26-35-27-24(40-26)10-16-32-28(27)34-19-23-22(29)9-6-13-31-23;1-16(2)21(19,20)17-11-13(15-14(17)8-9-18)10-12-6-4-3-5-7-12/h3-10,13,16,18,30H,11-12,14-15,17,19H2,1-2H3,(H,32,34);3-7,9,11H,8,10H2,1-2H3. The van der Waals surface area contributed by atoms with Gasteiger partial charge >= 0.3 is 20.4 Å². The van der Waals surface area contributed by atoms with Gasteiger partial charge in [-0.1, -0.05) is 60.7 Å². The van der Waals surface area contributed by atoms with Crippen LogP contribution in [0.25, 0.3) is 11.1 Å². The largest absolute Gasteiger partial charge is 0.440 e. The SMILES string of the molecule is CN(C)S(=O)(=O)n1c(Cc2ccccc2)cnc1CCNCCc1nc2c(NCc3ncccc3F)nccc2o1.CN(C)S(=O)(=O)n1cc(Cc2ccccc2)nc1CC=O. The lowest BCUT2D eigenvalue weighted by Crippen LogP contribution is -2.32. The topological polar surface area (TPSA) is 203 Å². The second kappa shape index (κ2) is 20.6. The Morgan fingerprint density at radius 3 is 2.10 bits per heavy atom. The van der Waals surface area contributed by atoms with Gasteiger partial charge in [-0.3, -0.25) is 4.98 Å². The molecule has 0 saturated heterocycles. The first kappa shape index (κ1) is 45.3. The Labute approximate surface area is 360 Å². The summed E-state index contributed by atoms with van der Waals surface area (Å²) in [5.41, 5.74) is 4.66. The molecule has 0 spiro atoms. The van der Waals surface area contributed by atoms with Crippen molar-refractivity contribution < 1.29 is 30.4 Å². The van der Waals surface area contributed by atoms with Crippen LogP contribution in [-0.2, 0) is 63.9 Å². The molecule has 326 valence electrons. The number of hydrogen-bond donors (Lipinski definition) is 2. The van der Waals surface area contributed by atoms with Gasteiger partial charge < -0.3 is 19.8 Å². The van der Waals surface area contributed by atoms with Crippen molar-refractivity contribution in [3.05, 3.63) is 155 Å². The van der Waals surface area contributed by atoms with Crippen molar-refractivity contribution in [2.75, 3.05) is 46.6 Å². The summed E-state index contributed by atoms with van der Waals surface area (Å²) in [5.74, 6) is 1.30. The quantitative estimate of drug-likeness (QED) is 0.0871. The van der Waals surface area contributed by atoms with Gasteiger partial charge in [0.1, 0.15) is 23.8 Å². The van der Waals surface area contributed by atoms with Crippen LogP contribution < -0.4 is 10.6 Å². The highest BCUT2D eigenvalue weighted by Crippen LogP contribution is 2.23. The zero-order valence-electron chi connectivity index (χ0n) is 34.7. The molecular formula is C42H48FN11O6S2. The van der Waals surface area contributed by atoms with Crippen molar-refractivity contribution in [1.82, 2.24) is 46.8 Å². The van der Waals surface area contributed by atoms with Gasteiger partial charge in [0.05, 0.1) is 36.2 Å². The maximum Gasteiger partial charge on any atom is 0.308 e. The normalized spacial score (nSPS) is 11.9. The number of pyridine rings is 2. The zero-order chi connectivity index (χ0) is 44.3. The number of carbonyl (C=O) groups is 1. The smallest absolute Gasteiger partial charge is 0.308 e. The fourth-order valence-corrected chi connectivity index (χ4v) is 8.38. The first-order valence-electron chi connectivity index (χ1n) is 19.6. The Morgan fingerprint density at radius 1 is 0.758 bits per heavy atom. The lowest BCUT2D eigenvalue weighted by Gasteiger charge is -2.17. The van der Waals surface area contributed by atoms with Gasteiger partial charge in [0.15, 0.2) is 22.8 Å². The van der Waals surface area contributed by atoms with Crippen molar-refractivity contribution in [1.29, 1.82) is 0 Å². The van der Waals surface area contributed by atoms with Crippen LogP contribution in [0.4, 0.5) is 10.2 Å². The molecule has 0 aliphatic rings. The average molecular weight is 886 g/mol. The van der Waals surface area contributed by atoms with Crippen LogP contribution in [0.5, 0.6) is 0 Å². The van der Waals surface area contributed by atoms with Crippen molar-refractivity contribution in [2.45, 2.75) is 38.6 Å². The number of benzene rings is 2. The first-order chi connectivity index (χ1) is 29.8. The number of carbonyl (C=O) groups excluding carboxylic acids is 1. The zero-order valence-corrected chi connectivity index (χ0v) is 36.4. The summed E-state index contributed by atoms with van der Waals surface area (Å²) in [6, 6.07) is 23.9. The third kappa shape index (κ3) is 11.2. The summed E-state index contributed by atoms with van der Waals surface area (Å²) < 4.78 is 75.2. The van der Waals surface area contributed by atoms with Crippen LogP contribution in [0.2, 0.25) is 0 Å². The Bertz CT molecular complexity index is 2800. The molecule has 7 rings (SSSR count). The fourth-order valence-electron chi connectivity index (χ4n) is 6.26. The molecule has 5 aromatic heterocycles. The van der Waals surface area contributed by atoms with E-state index in [2.05, 4.69) is 35.6 Å². The first-order valence-corrected chi connectivity index (χ1v) is 22.4. The van der Waals surface area contributed by atoms with Gasteiger partial charge in [-0.15, -0.1) is 0 Å². The Kier molecular flexibility index (Phi) is 15.1. The molecule has 7 aromatic rings. The van der Waals surface area contributed by atoms with Crippen molar-refractivity contribution in [2.24, 2.45) is 0 Å². The van der Waals surface area contributed by atoms with Gasteiger partial charge in [-0.2, -0.15) is 25.4 Å². The number of rotatable bonds is 19. The van der Waals surface area contributed by atoms with Crippen molar-refractivity contribution in [3.8, 4) is 0 Å². The number of nitrogens with zero attached hydrogens (tertiary/aromatic N) is 9. The van der Waals surface area contributed by atoms with Crippen LogP contribution in [0.3, 0.4) is 0 Å². The lowest BCUT2D eigenvalue weighted by atomic mass is 10.1. The minimum atomic E-state index is -3.75. The second-order valence-electron chi connectivity index (χ2n) is 14.3. The molecular weight excluding hydrogens is 838 g/mol. The fraction of sp³-hybridized carbons (Fsp3) is 0.286. The second-order valence-corrected chi connectivity index (χ2v) is 18.3. The van der Waals surface area contributed by atoms with E-state index in [9.17, 15) is 26.0 Å². The number of hydrogen-bond acceptors (Lipinski definition) is 13. The molecule has 0 saturated carbocycles. The van der Waals surface area contributed by atoms with Crippen molar-refractivity contribution >= 4 is 43.6 Å². The highest BCUT2D eigenvalue weighted by Gasteiger charge is 2.25. The summed E-state index contributed by atoms with van der Waals surface area (Å²) >= 11 is 0. The van der Waals surface area contributed by atoms with E-state index in [1.54, 1.807) is 24.5 Å². The minimum absolute atomic E-state index is 0.0398. The van der Waals surface area contributed by atoms with E-state index >= 15 is 0 Å². The highest BCUT2D eigenvalue weighted by molar-refractivity contribution is 7.87. The lowest BCUT2D eigenvalue weighted by molar-refractivity contribution is -0.107. The predicted molar refractivity (Wildman–Crippen MR) is 232 cm³/mol. The summed E-state index contributed by atoms with van der Waals surface area (Å²) in [5, 5.41) is 6.40. The number of anilines is 1. The molecule has 0 aliphatic heterocycles. The van der Waals surface area contributed by atoms with E-state index in [0.29, 0.717) is 85.1 Å². The summed E-state index contributed by atoms with van der Waals surface area (Å²) in [7, 11) is -1.51. The summed E-state index contributed by atoms with van der Waals surface area (Å²) in [4.78, 5) is 32.4. The molecule has 0 unspecified atom stereocenters. The molecule has 0 bridgehead atoms. The number of fused-ring (bicyclic) bond motifs is 1. The summed E-state index contributed by atoms with van der Waals surface area (Å²) in [6.07, 6.45) is 8.74. The van der Waals surface area contributed by atoms with Crippen LogP contribution in [0, 0.1) is 5.82 Å². The molecule has 0 radical (unpaired) electrons. The van der Waals surface area contributed by atoms with Gasteiger partial charge in [0.25, 0.3) is 0 Å². The van der Waals surface area contributed by atoms with Crippen LogP contribution in [-0.4, -0.2) is 106 Å². The van der Waals surface area contributed by atoms with E-state index in [1.807, 2.05) is 60.7 Å². The number of aldehydes is 1. The Balaban J connectivity index is 0.000000256. The van der Waals surface area contributed by atoms with Crippen LogP contribution in [0.1, 0.15) is 45.7 Å². The third-order valence-corrected chi connectivity index (χ3v) is 13.0. The van der Waals surface area contributed by atoms with Crippen LogP contribution in [0.15, 0.2) is 108 Å². The molecule has 5 heterocycles. The Hall–Kier alpha value is -6.19. The van der Waals surface area contributed by atoms with Gasteiger partial charge in [-0.25, -0.2) is 32.3 Å². The number of imidazole rings is 2. The molecule has 0 fully saturated rings. The van der Waals surface area contributed by atoms with Gasteiger partial charge in [0.2, 0.25) is 0 Å². The maximum atomic E-state index is 13.9. The Morgan fingerprint density at radius 2 is 1.44 bits per heavy atom. The molecule has 2 N–H and O–H groups in total. The van der Waals surface area contributed by atoms with Gasteiger partial charge in [0, 0.05) is 91.6 Å². The number of halogens is 1. The summed E-state index contributed by atoms with van der Waals surface area (Å²) in [6.45, 7) is 1.23. The molecule has 62 heavy (non-hydrogen) atoms. The molecule has 0 amide bonds. The molecule has 0 atom stereocenters. The van der Waals surface area contributed by atoms with E-state index in [0.717, 1.165) is 19.4 Å². The number of nitrogens with one attached hydrogen (secondary N) is 2. The van der Waals surface area contributed by atoms with E-state index < -0.39 is 26.2 Å². The monoisotopic (exact) mass is 885 g/mol. The van der Waals surface area contributed by atoms with Gasteiger partial charge in [-0.05, 0) is 23.3 Å². The average Bonchev–Trinajstić information content (AvgIpc) is 3.99. The minimum Gasteiger partial charge on any atom is -0.440 e. The van der Waals surface area contributed by atoms with E-state index in [4.69, 9.17) is 4.42 Å².